The molecule has 8 nitrogen and oxygen atoms in total. The molecule has 5 aromatic rings. The number of nitrogens with one attached hydrogen (secondary N) is 1. The first-order valence-corrected chi connectivity index (χ1v) is 11.7. The minimum Gasteiger partial charge on any atom is -0.378 e. The lowest BCUT2D eigenvalue weighted by Gasteiger charge is -2.27. The molecule has 0 spiro atoms. The number of rotatable bonds is 5. The van der Waals surface area contributed by atoms with Gasteiger partial charge in [0.05, 0.1) is 36.1 Å². The molecule has 0 bridgehead atoms. The Morgan fingerprint density at radius 3 is 2.65 bits per heavy atom. The van der Waals surface area contributed by atoms with Crippen molar-refractivity contribution in [3.05, 3.63) is 60.9 Å². The van der Waals surface area contributed by atoms with Crippen LogP contribution in [0.15, 0.2) is 60.9 Å². The van der Waals surface area contributed by atoms with Crippen LogP contribution in [0.2, 0.25) is 0 Å². The maximum absolute atomic E-state index is 5.54. The standard InChI is InChI=1S/C26H27N7O/c1-3-32-9-8-18-6-7-21(15-24(18)32)28-25-16-22(29-26(30-25)33-10-12-34-13-11-33)19-4-5-20-17-27-31(2)23(20)14-19/h4-9,14-17H,3,10-13H2,1-2H3,(H,28,29,30). The summed E-state index contributed by atoms with van der Waals surface area (Å²) >= 11 is 0. The number of fused-ring (bicyclic) bond motifs is 2. The Balaban J connectivity index is 1.42. The summed E-state index contributed by atoms with van der Waals surface area (Å²) < 4.78 is 9.68. The number of morpholine rings is 1. The van der Waals surface area contributed by atoms with Crippen LogP contribution in [-0.2, 0) is 18.3 Å². The Bertz CT molecular complexity index is 1480. The van der Waals surface area contributed by atoms with E-state index in [0.29, 0.717) is 19.2 Å². The quantitative estimate of drug-likeness (QED) is 0.420. The largest absolute Gasteiger partial charge is 0.378 e. The van der Waals surface area contributed by atoms with E-state index >= 15 is 0 Å². The van der Waals surface area contributed by atoms with E-state index in [0.717, 1.165) is 53.3 Å². The molecule has 172 valence electrons. The lowest BCUT2D eigenvalue weighted by Crippen LogP contribution is -2.37. The van der Waals surface area contributed by atoms with Gasteiger partial charge in [0.15, 0.2) is 0 Å². The van der Waals surface area contributed by atoms with Gasteiger partial charge in [-0.05, 0) is 36.6 Å². The average Bonchev–Trinajstić information content (AvgIpc) is 3.47. The van der Waals surface area contributed by atoms with Gasteiger partial charge in [-0.2, -0.15) is 10.1 Å². The van der Waals surface area contributed by atoms with Crippen LogP contribution < -0.4 is 10.2 Å². The summed E-state index contributed by atoms with van der Waals surface area (Å²) in [6.07, 6.45) is 4.01. The van der Waals surface area contributed by atoms with Crippen molar-refractivity contribution in [1.29, 1.82) is 0 Å². The van der Waals surface area contributed by atoms with Gasteiger partial charge in [0, 0.05) is 55.6 Å². The highest BCUT2D eigenvalue weighted by Gasteiger charge is 2.17. The summed E-state index contributed by atoms with van der Waals surface area (Å²) in [4.78, 5) is 12.0. The number of hydrogen-bond acceptors (Lipinski definition) is 6. The lowest BCUT2D eigenvalue weighted by atomic mass is 10.1. The number of nitrogens with zero attached hydrogens (tertiary/aromatic N) is 6. The Morgan fingerprint density at radius 2 is 1.79 bits per heavy atom. The molecule has 1 aliphatic rings. The summed E-state index contributed by atoms with van der Waals surface area (Å²) in [5, 5.41) is 10.2. The molecule has 0 unspecified atom stereocenters. The first kappa shape index (κ1) is 20.7. The minimum atomic E-state index is 0.683. The van der Waals surface area contributed by atoms with Gasteiger partial charge < -0.3 is 19.5 Å². The third kappa shape index (κ3) is 3.76. The van der Waals surface area contributed by atoms with Gasteiger partial charge in [0.25, 0.3) is 0 Å². The average molecular weight is 454 g/mol. The van der Waals surface area contributed by atoms with Crippen molar-refractivity contribution in [3.8, 4) is 11.3 Å². The molecule has 3 aromatic heterocycles. The van der Waals surface area contributed by atoms with Crippen molar-refractivity contribution in [2.75, 3.05) is 36.5 Å². The van der Waals surface area contributed by atoms with Crippen molar-refractivity contribution in [3.63, 3.8) is 0 Å². The second-order valence-electron chi connectivity index (χ2n) is 8.58. The van der Waals surface area contributed by atoms with Crippen LogP contribution >= 0.6 is 0 Å². The first-order valence-electron chi connectivity index (χ1n) is 11.7. The monoisotopic (exact) mass is 453 g/mol. The molecule has 4 heterocycles. The van der Waals surface area contributed by atoms with Crippen molar-refractivity contribution in [2.45, 2.75) is 13.5 Å². The van der Waals surface area contributed by atoms with Crippen LogP contribution in [0.4, 0.5) is 17.5 Å². The predicted molar refractivity (Wildman–Crippen MR) is 136 cm³/mol. The fourth-order valence-corrected chi connectivity index (χ4v) is 4.54. The first-order chi connectivity index (χ1) is 16.7. The smallest absolute Gasteiger partial charge is 0.228 e. The molecule has 0 radical (unpaired) electrons. The normalized spacial score (nSPS) is 14.2. The van der Waals surface area contributed by atoms with E-state index in [2.05, 4.69) is 75.5 Å². The van der Waals surface area contributed by atoms with E-state index in [1.165, 1.54) is 10.9 Å². The van der Waals surface area contributed by atoms with Crippen molar-refractivity contribution in [2.24, 2.45) is 7.05 Å². The summed E-state index contributed by atoms with van der Waals surface area (Å²) in [6, 6.07) is 16.9. The molecule has 0 saturated carbocycles. The zero-order valence-electron chi connectivity index (χ0n) is 19.4. The lowest BCUT2D eigenvalue weighted by molar-refractivity contribution is 0.122. The van der Waals surface area contributed by atoms with Crippen molar-refractivity contribution < 1.29 is 4.74 Å². The molecule has 1 fully saturated rings. The van der Waals surface area contributed by atoms with Gasteiger partial charge in [0.1, 0.15) is 5.82 Å². The van der Waals surface area contributed by atoms with Crippen LogP contribution in [0.1, 0.15) is 6.92 Å². The highest BCUT2D eigenvalue weighted by molar-refractivity contribution is 5.86. The fourth-order valence-electron chi connectivity index (χ4n) is 4.54. The second-order valence-corrected chi connectivity index (χ2v) is 8.58. The van der Waals surface area contributed by atoms with Gasteiger partial charge in [-0.1, -0.05) is 18.2 Å². The maximum Gasteiger partial charge on any atom is 0.228 e. The molecule has 0 atom stereocenters. The third-order valence-corrected chi connectivity index (χ3v) is 6.44. The van der Waals surface area contributed by atoms with Gasteiger partial charge in [0.2, 0.25) is 5.95 Å². The Kier molecular flexibility index (Phi) is 5.15. The molecule has 1 saturated heterocycles. The van der Waals surface area contributed by atoms with Gasteiger partial charge in [-0.25, -0.2) is 4.98 Å². The Hall–Kier alpha value is -3.91. The van der Waals surface area contributed by atoms with Crippen LogP contribution in [0.5, 0.6) is 0 Å². The third-order valence-electron chi connectivity index (χ3n) is 6.44. The van der Waals surface area contributed by atoms with E-state index in [-0.39, 0.29) is 0 Å². The number of hydrogen-bond donors (Lipinski definition) is 1. The van der Waals surface area contributed by atoms with Crippen molar-refractivity contribution in [1.82, 2.24) is 24.3 Å². The summed E-state index contributed by atoms with van der Waals surface area (Å²) in [5.41, 5.74) is 5.19. The van der Waals surface area contributed by atoms with Crippen LogP contribution in [0.3, 0.4) is 0 Å². The summed E-state index contributed by atoms with van der Waals surface area (Å²) in [6.45, 7) is 6.01. The van der Waals surface area contributed by atoms with E-state index in [9.17, 15) is 0 Å². The molecule has 2 aromatic carbocycles. The molecule has 0 aliphatic carbocycles. The molecular formula is C26H27N7O. The highest BCUT2D eigenvalue weighted by Crippen LogP contribution is 2.29. The SMILES string of the molecule is CCn1ccc2ccc(Nc3cc(-c4ccc5cnn(C)c5c4)nc(N4CCOCC4)n3)cc21. The Morgan fingerprint density at radius 1 is 0.941 bits per heavy atom. The highest BCUT2D eigenvalue weighted by atomic mass is 16.5. The topological polar surface area (TPSA) is 73.0 Å². The molecule has 1 N–H and O–H groups in total. The molecule has 1 aliphatic heterocycles. The predicted octanol–water partition coefficient (Wildman–Crippen LogP) is 4.59. The van der Waals surface area contributed by atoms with E-state index < -0.39 is 0 Å². The van der Waals surface area contributed by atoms with E-state index in [1.54, 1.807) is 0 Å². The van der Waals surface area contributed by atoms with Crippen LogP contribution in [-0.4, -0.2) is 50.6 Å². The number of benzene rings is 2. The van der Waals surface area contributed by atoms with E-state index in [4.69, 9.17) is 14.7 Å². The molecule has 6 rings (SSSR count). The molecular weight excluding hydrogens is 426 g/mol. The Labute approximate surface area is 197 Å². The zero-order valence-corrected chi connectivity index (χ0v) is 19.4. The second kappa shape index (κ2) is 8.46. The van der Waals surface area contributed by atoms with Crippen molar-refractivity contribution >= 4 is 39.3 Å². The van der Waals surface area contributed by atoms with Gasteiger partial charge in [-0.15, -0.1) is 0 Å². The molecule has 8 heteroatoms. The van der Waals surface area contributed by atoms with E-state index in [1.807, 2.05) is 24.0 Å². The fraction of sp³-hybridized carbons (Fsp3) is 0.269. The zero-order chi connectivity index (χ0) is 23.1. The van der Waals surface area contributed by atoms with Gasteiger partial charge in [-0.3, -0.25) is 4.68 Å². The summed E-state index contributed by atoms with van der Waals surface area (Å²) in [5.74, 6) is 1.48. The minimum absolute atomic E-state index is 0.683. The van der Waals surface area contributed by atoms with Gasteiger partial charge >= 0.3 is 0 Å². The van der Waals surface area contributed by atoms with Crippen LogP contribution in [0.25, 0.3) is 33.1 Å². The number of aryl methyl sites for hydroxylation is 2. The van der Waals surface area contributed by atoms with Crippen LogP contribution in [0, 0.1) is 0 Å². The summed E-state index contributed by atoms with van der Waals surface area (Å²) in [7, 11) is 1.96. The number of aromatic nitrogens is 5. The maximum atomic E-state index is 5.54. The number of anilines is 3. The molecule has 0 amide bonds. The number of ether oxygens (including phenoxy) is 1. The molecule has 34 heavy (non-hydrogen) atoms.